The highest BCUT2D eigenvalue weighted by Gasteiger charge is 2.20. The molecule has 0 amide bonds. The molecule has 0 saturated carbocycles. The molecule has 0 aliphatic heterocycles. The van der Waals surface area contributed by atoms with Gasteiger partial charge in [-0.3, -0.25) is 0 Å². The van der Waals surface area contributed by atoms with Gasteiger partial charge in [0.05, 0.1) is 20.6 Å². The van der Waals surface area contributed by atoms with E-state index in [4.69, 9.17) is 18.1 Å². The van der Waals surface area contributed by atoms with Crippen molar-refractivity contribution in [3.05, 3.63) is 145 Å². The number of rotatable bonds is 3. The zero-order valence-electron chi connectivity index (χ0n) is 35.1. The molecule has 0 N–H and O–H groups in total. The molecule has 0 atom stereocenters. The van der Waals surface area contributed by atoms with E-state index in [0.717, 1.165) is 5.56 Å². The van der Waals surface area contributed by atoms with Crippen LogP contribution in [0, 0.1) is 0 Å². The molecule has 1 heterocycles. The molecule has 0 unspecified atom stereocenters. The Labute approximate surface area is 247 Å². The maximum Gasteiger partial charge on any atom is 0.136 e. The molecule has 0 saturated heterocycles. The Kier molecular flexibility index (Phi) is 2.62. The third-order valence-corrected chi connectivity index (χ3v) is 6.83. The smallest absolute Gasteiger partial charge is 0.136 e. The molecule has 1 nitrogen and oxygen atoms in total. The Bertz CT molecular complexity index is 2910. The van der Waals surface area contributed by atoms with Crippen molar-refractivity contribution in [1.82, 2.24) is 0 Å². The zero-order chi connectivity index (χ0) is 38.8. The van der Waals surface area contributed by atoms with Crippen LogP contribution in [0.5, 0.6) is 0 Å². The fourth-order valence-corrected chi connectivity index (χ4v) is 5.20. The first-order valence-electron chi connectivity index (χ1n) is 19.6. The second-order valence-corrected chi connectivity index (χ2v) is 8.96. The van der Waals surface area contributed by atoms with E-state index < -0.39 is 96.2 Å². The number of benzene rings is 7. The highest BCUT2D eigenvalue weighted by atomic mass is 16.3. The molecule has 1 heteroatoms. The maximum atomic E-state index is 9.31. The number of furan rings is 1. The van der Waals surface area contributed by atoms with Gasteiger partial charge in [0.15, 0.2) is 0 Å². The van der Waals surface area contributed by atoms with Crippen molar-refractivity contribution in [3.8, 4) is 33.4 Å². The van der Waals surface area contributed by atoms with E-state index in [9.17, 15) is 6.85 Å². The van der Waals surface area contributed by atoms with Crippen molar-refractivity contribution in [2.45, 2.75) is 0 Å². The summed E-state index contributed by atoms with van der Waals surface area (Å²) in [5.41, 5.74) is 0.479. The lowest BCUT2D eigenvalue weighted by Crippen LogP contribution is -1.91. The van der Waals surface area contributed by atoms with E-state index in [2.05, 4.69) is 0 Å². The van der Waals surface area contributed by atoms with Gasteiger partial charge in [0, 0.05) is 10.8 Å². The SMILES string of the molecule is [2H]c1c([2H])c([2H])c2c(oc3c([2H])c([2H])c([2H])c(-c4c5c([2H])c([2H])c([2H])c([2H])c5c(-c5cccc(-c6ccccc6)c5)c5c([2H])c([2H])c([2H])c([2H])c45)c32)c1[2H]. The van der Waals surface area contributed by atoms with Crippen LogP contribution in [0.15, 0.2) is 150 Å². The minimum Gasteiger partial charge on any atom is -0.456 e. The lowest BCUT2D eigenvalue weighted by molar-refractivity contribution is 0.669. The molecule has 0 fully saturated rings. The Morgan fingerprint density at radius 1 is 0.436 bits per heavy atom. The van der Waals surface area contributed by atoms with Gasteiger partial charge in [0.25, 0.3) is 0 Å². The quantitative estimate of drug-likeness (QED) is 0.215. The molecule has 39 heavy (non-hydrogen) atoms. The Hall–Kier alpha value is -5.14. The normalized spacial score (nSPS) is 17.0. The second kappa shape index (κ2) is 8.72. The van der Waals surface area contributed by atoms with Crippen LogP contribution in [0.3, 0.4) is 0 Å². The first kappa shape index (κ1) is 11.7. The molecule has 0 aliphatic carbocycles. The van der Waals surface area contributed by atoms with Crippen molar-refractivity contribution in [3.63, 3.8) is 0 Å². The summed E-state index contributed by atoms with van der Waals surface area (Å²) in [6.07, 6.45) is 0. The first-order valence-corrected chi connectivity index (χ1v) is 12.1. The van der Waals surface area contributed by atoms with E-state index in [1.807, 2.05) is 36.4 Å². The van der Waals surface area contributed by atoms with Crippen LogP contribution < -0.4 is 0 Å². The number of hydrogen-bond acceptors (Lipinski definition) is 1. The van der Waals surface area contributed by atoms with Gasteiger partial charge < -0.3 is 4.42 Å². The molecular formula is C38H24O. The zero-order valence-corrected chi connectivity index (χ0v) is 20.1. The summed E-state index contributed by atoms with van der Waals surface area (Å²) in [5.74, 6) is 0. The summed E-state index contributed by atoms with van der Waals surface area (Å²) >= 11 is 0. The predicted molar refractivity (Wildman–Crippen MR) is 165 cm³/mol. The summed E-state index contributed by atoms with van der Waals surface area (Å²) in [7, 11) is 0. The lowest BCUT2D eigenvalue weighted by Gasteiger charge is -2.18. The van der Waals surface area contributed by atoms with Crippen molar-refractivity contribution in [2.24, 2.45) is 0 Å². The standard InChI is InChI=1S/C38H24O/c1-2-12-25(13-3-1)26-14-10-15-27(24-26)36-28-16-4-6-18-30(28)37(31-19-7-5-17-29(31)36)33-21-11-23-35-38(33)32-20-8-9-22-34(32)39-35/h1-24H/i4D,5D,6D,7D,8D,9D,11D,16D,17D,18D,19D,20D,21D,22D,23D. The van der Waals surface area contributed by atoms with Crippen molar-refractivity contribution < 1.29 is 25.0 Å². The van der Waals surface area contributed by atoms with Gasteiger partial charge in [-0.05, 0) is 73.1 Å². The summed E-state index contributed by atoms with van der Waals surface area (Å²) < 4.78 is 139. The van der Waals surface area contributed by atoms with Crippen LogP contribution in [0.4, 0.5) is 0 Å². The molecule has 0 radical (unpaired) electrons. The molecule has 0 aliphatic rings. The largest absolute Gasteiger partial charge is 0.456 e. The molecule has 8 rings (SSSR count). The molecule has 1 aromatic heterocycles. The monoisotopic (exact) mass is 511 g/mol. The molecule has 7 aromatic carbocycles. The van der Waals surface area contributed by atoms with Crippen molar-refractivity contribution >= 4 is 43.5 Å². The summed E-state index contributed by atoms with van der Waals surface area (Å²) in [5, 5.41) is -1.34. The number of fused-ring (bicyclic) bond motifs is 5. The average molecular weight is 512 g/mol. The fourth-order valence-electron chi connectivity index (χ4n) is 5.20. The summed E-state index contributed by atoms with van der Waals surface area (Å²) in [6.45, 7) is 0. The molecular weight excluding hydrogens is 472 g/mol. The van der Waals surface area contributed by atoms with Gasteiger partial charge in [-0.25, -0.2) is 0 Å². The minimum absolute atomic E-state index is 0.0606. The molecule has 0 spiro atoms. The number of para-hydroxylation sites is 1. The molecule has 8 aromatic rings. The van der Waals surface area contributed by atoms with E-state index >= 15 is 0 Å². The van der Waals surface area contributed by atoms with E-state index in [1.54, 1.807) is 18.2 Å². The fraction of sp³-hybridized carbons (Fsp3) is 0. The summed E-state index contributed by atoms with van der Waals surface area (Å²) in [4.78, 5) is 0. The van der Waals surface area contributed by atoms with Crippen LogP contribution in [0.25, 0.3) is 76.9 Å². The van der Waals surface area contributed by atoms with Crippen LogP contribution in [0.1, 0.15) is 20.6 Å². The van der Waals surface area contributed by atoms with Crippen molar-refractivity contribution in [1.29, 1.82) is 0 Å². The summed E-state index contributed by atoms with van der Waals surface area (Å²) in [6, 6.07) is 6.68. The lowest BCUT2D eigenvalue weighted by atomic mass is 9.84. The minimum atomic E-state index is -0.713. The highest BCUT2D eigenvalue weighted by molar-refractivity contribution is 6.25. The van der Waals surface area contributed by atoms with Gasteiger partial charge in [0.2, 0.25) is 0 Å². The van der Waals surface area contributed by atoms with Gasteiger partial charge in [-0.2, -0.15) is 0 Å². The topological polar surface area (TPSA) is 13.1 Å². The van der Waals surface area contributed by atoms with Crippen LogP contribution in [-0.4, -0.2) is 0 Å². The third kappa shape index (κ3) is 3.41. The Balaban J connectivity index is 1.74. The van der Waals surface area contributed by atoms with Crippen LogP contribution >= 0.6 is 0 Å². The Morgan fingerprint density at radius 2 is 1.00 bits per heavy atom. The maximum absolute atomic E-state index is 9.31. The first-order chi connectivity index (χ1) is 25.6. The van der Waals surface area contributed by atoms with E-state index in [-0.39, 0.29) is 54.6 Å². The van der Waals surface area contributed by atoms with Gasteiger partial charge in [-0.1, -0.05) is 127 Å². The predicted octanol–water partition coefficient (Wildman–Crippen LogP) is 10.9. The highest BCUT2D eigenvalue weighted by Crippen LogP contribution is 2.47. The van der Waals surface area contributed by atoms with E-state index in [0.29, 0.717) is 11.1 Å². The van der Waals surface area contributed by atoms with E-state index in [1.165, 1.54) is 0 Å². The van der Waals surface area contributed by atoms with Gasteiger partial charge in [-0.15, -0.1) is 0 Å². The Morgan fingerprint density at radius 3 is 1.72 bits per heavy atom. The average Bonchev–Trinajstić information content (AvgIpc) is 3.58. The van der Waals surface area contributed by atoms with Crippen molar-refractivity contribution in [2.75, 3.05) is 0 Å². The second-order valence-electron chi connectivity index (χ2n) is 8.96. The van der Waals surface area contributed by atoms with Crippen LogP contribution in [-0.2, 0) is 0 Å². The number of hydrogen-bond donors (Lipinski definition) is 0. The van der Waals surface area contributed by atoms with Gasteiger partial charge in [0.1, 0.15) is 11.2 Å². The van der Waals surface area contributed by atoms with Gasteiger partial charge >= 0.3 is 0 Å². The third-order valence-electron chi connectivity index (χ3n) is 6.83. The molecule has 0 bridgehead atoms. The van der Waals surface area contributed by atoms with Crippen LogP contribution in [0.2, 0.25) is 0 Å². The molecule has 182 valence electrons.